The summed E-state index contributed by atoms with van der Waals surface area (Å²) in [5, 5.41) is 0. The third-order valence-electron chi connectivity index (χ3n) is 12.5. The van der Waals surface area contributed by atoms with E-state index < -0.39 is 15.5 Å². The third kappa shape index (κ3) is 6.59. The number of carbonyl (C=O) groups is 1. The van der Waals surface area contributed by atoms with Crippen molar-refractivity contribution in [3.05, 3.63) is 35.9 Å². The highest BCUT2D eigenvalue weighted by molar-refractivity contribution is 7.86. The van der Waals surface area contributed by atoms with Gasteiger partial charge in [-0.2, -0.15) is 8.42 Å². The van der Waals surface area contributed by atoms with Crippen LogP contribution in [0.4, 0.5) is 0 Å². The first kappa shape index (κ1) is 33.7. The lowest BCUT2D eigenvalue weighted by molar-refractivity contribution is -0.143. The van der Waals surface area contributed by atoms with Crippen LogP contribution in [0.1, 0.15) is 126 Å². The minimum atomic E-state index is -3.93. The van der Waals surface area contributed by atoms with Gasteiger partial charge in [-0.05, 0) is 143 Å². The maximum Gasteiger partial charge on any atom is 0.316 e. The normalized spacial score (nSPS) is 34.5. The van der Waals surface area contributed by atoms with E-state index in [-0.39, 0.29) is 22.4 Å². The van der Waals surface area contributed by atoms with Crippen molar-refractivity contribution in [1.29, 1.82) is 0 Å². The van der Waals surface area contributed by atoms with Crippen molar-refractivity contribution in [2.75, 3.05) is 0 Å². The predicted octanol–water partition coefficient (Wildman–Crippen LogP) is 9.75. The lowest BCUT2D eigenvalue weighted by Gasteiger charge is -2.58. The molecular formula is C38H58O5S. The zero-order valence-electron chi connectivity index (χ0n) is 28.7. The van der Waals surface area contributed by atoms with Gasteiger partial charge in [0.25, 0.3) is 10.1 Å². The molecule has 0 radical (unpaired) electrons. The van der Waals surface area contributed by atoms with Crippen LogP contribution in [-0.2, 0) is 19.1 Å². The first-order valence-corrected chi connectivity index (χ1v) is 18.9. The number of rotatable bonds is 9. The highest BCUT2D eigenvalue weighted by atomic mass is 32.2. The molecule has 1 aromatic rings. The minimum absolute atomic E-state index is 0.0971. The average Bonchev–Trinajstić information content (AvgIpc) is 3.30. The Labute approximate surface area is 268 Å². The zero-order chi connectivity index (χ0) is 32.1. The number of benzene rings is 1. The second kappa shape index (κ2) is 12.5. The van der Waals surface area contributed by atoms with Crippen molar-refractivity contribution in [2.45, 2.75) is 137 Å². The molecule has 1 aromatic carbocycles. The number of allylic oxidation sites excluding steroid dienone is 1. The molecule has 5 rings (SSSR count). The summed E-state index contributed by atoms with van der Waals surface area (Å²) in [6.45, 7) is 17.7. The lowest BCUT2D eigenvalue weighted by atomic mass is 9.47. The first-order chi connectivity index (χ1) is 20.5. The summed E-state index contributed by atoms with van der Waals surface area (Å²) in [5.41, 5.74) is 1.40. The molecule has 246 valence electrons. The van der Waals surface area contributed by atoms with Crippen molar-refractivity contribution in [3.8, 4) is 5.75 Å². The number of esters is 1. The third-order valence-corrected chi connectivity index (χ3v) is 13.8. The fourth-order valence-corrected chi connectivity index (χ4v) is 11.0. The van der Waals surface area contributed by atoms with Gasteiger partial charge in [0.2, 0.25) is 0 Å². The van der Waals surface area contributed by atoms with Crippen LogP contribution in [0.3, 0.4) is 0 Å². The molecule has 0 spiro atoms. The molecule has 5 nitrogen and oxygen atoms in total. The van der Waals surface area contributed by atoms with Crippen molar-refractivity contribution >= 4 is 16.1 Å². The van der Waals surface area contributed by atoms with Gasteiger partial charge in [0.1, 0.15) is 5.75 Å². The summed E-state index contributed by atoms with van der Waals surface area (Å²) in [6, 6.07) is 5.99. The van der Waals surface area contributed by atoms with E-state index in [1.54, 1.807) is 20.8 Å². The molecular weight excluding hydrogens is 568 g/mol. The summed E-state index contributed by atoms with van der Waals surface area (Å²) in [6.07, 6.45) is 15.2. The second-order valence-electron chi connectivity index (χ2n) is 16.8. The van der Waals surface area contributed by atoms with Crippen LogP contribution in [0.2, 0.25) is 0 Å². The van der Waals surface area contributed by atoms with E-state index in [0.717, 1.165) is 48.9 Å². The molecule has 0 amide bonds. The van der Waals surface area contributed by atoms with E-state index in [2.05, 4.69) is 40.7 Å². The summed E-state index contributed by atoms with van der Waals surface area (Å²) in [5.74, 6) is 4.69. The molecule has 0 aromatic heterocycles. The maximum absolute atomic E-state index is 13.3. The van der Waals surface area contributed by atoms with Gasteiger partial charge in [-0.3, -0.25) is 8.98 Å². The van der Waals surface area contributed by atoms with Gasteiger partial charge in [0.15, 0.2) is 0 Å². The molecule has 3 saturated carbocycles. The van der Waals surface area contributed by atoms with Gasteiger partial charge in [-0.1, -0.05) is 65.5 Å². The highest BCUT2D eigenvalue weighted by Gasteiger charge is 2.59. The molecule has 0 aliphatic heterocycles. The molecule has 0 heterocycles. The van der Waals surface area contributed by atoms with Gasteiger partial charge in [-0.25, -0.2) is 0 Å². The van der Waals surface area contributed by atoms with E-state index in [9.17, 15) is 13.2 Å². The molecule has 44 heavy (non-hydrogen) atoms. The maximum atomic E-state index is 13.3. The van der Waals surface area contributed by atoms with Gasteiger partial charge in [-0.15, -0.1) is 0 Å². The van der Waals surface area contributed by atoms with Crippen LogP contribution >= 0.6 is 0 Å². The standard InChI is InChI=1S/C38H58O5S/c1-25(2)10-9-11-26(3)32-18-19-33-31-17-12-27-24-29(20-22-37(27,7)34(31)21-23-38(32,33)8)43-44(40,41)30-15-13-28(14-16-30)42-35(39)36(4,5)6/h12-16,25-26,29,31-34H,9-11,17-24H2,1-8H3/t26-,29+,31+,32-,33+,34+,37+,38-/m1/s1. The average molecular weight is 627 g/mol. The van der Waals surface area contributed by atoms with Gasteiger partial charge in [0, 0.05) is 0 Å². The van der Waals surface area contributed by atoms with Gasteiger partial charge < -0.3 is 4.74 Å². The Morgan fingerprint density at radius 1 is 0.955 bits per heavy atom. The molecule has 8 atom stereocenters. The second-order valence-corrected chi connectivity index (χ2v) is 18.4. The van der Waals surface area contributed by atoms with Crippen molar-refractivity contribution in [3.63, 3.8) is 0 Å². The van der Waals surface area contributed by atoms with E-state index in [0.29, 0.717) is 23.5 Å². The van der Waals surface area contributed by atoms with E-state index in [1.807, 2.05) is 0 Å². The smallest absolute Gasteiger partial charge is 0.316 e. The molecule has 3 fully saturated rings. The van der Waals surface area contributed by atoms with Crippen LogP contribution in [-0.4, -0.2) is 20.5 Å². The minimum Gasteiger partial charge on any atom is -0.426 e. The van der Waals surface area contributed by atoms with Gasteiger partial charge in [0.05, 0.1) is 16.4 Å². The lowest BCUT2D eigenvalue weighted by Crippen LogP contribution is -2.51. The fourth-order valence-electron chi connectivity index (χ4n) is 9.90. The van der Waals surface area contributed by atoms with E-state index in [1.165, 1.54) is 74.8 Å². The van der Waals surface area contributed by atoms with Crippen LogP contribution in [0.25, 0.3) is 0 Å². The summed E-state index contributed by atoms with van der Waals surface area (Å²) in [4.78, 5) is 12.3. The monoisotopic (exact) mass is 626 g/mol. The largest absolute Gasteiger partial charge is 0.426 e. The van der Waals surface area contributed by atoms with Crippen LogP contribution in [0.5, 0.6) is 5.75 Å². The molecule has 0 N–H and O–H groups in total. The highest BCUT2D eigenvalue weighted by Crippen LogP contribution is 2.67. The Morgan fingerprint density at radius 2 is 1.66 bits per heavy atom. The van der Waals surface area contributed by atoms with Gasteiger partial charge >= 0.3 is 5.97 Å². The molecule has 0 unspecified atom stereocenters. The summed E-state index contributed by atoms with van der Waals surface area (Å²) in [7, 11) is -3.93. The summed E-state index contributed by atoms with van der Waals surface area (Å²) >= 11 is 0. The Balaban J connectivity index is 1.23. The molecule has 6 heteroatoms. The Bertz CT molecular complexity index is 1320. The van der Waals surface area contributed by atoms with Crippen molar-refractivity contribution < 1.29 is 22.1 Å². The molecule has 4 aliphatic carbocycles. The van der Waals surface area contributed by atoms with E-state index >= 15 is 0 Å². The molecule has 4 aliphatic rings. The van der Waals surface area contributed by atoms with E-state index in [4.69, 9.17) is 8.92 Å². The van der Waals surface area contributed by atoms with Crippen LogP contribution in [0, 0.1) is 51.8 Å². The first-order valence-electron chi connectivity index (χ1n) is 17.5. The molecule has 0 bridgehead atoms. The molecule has 0 saturated heterocycles. The number of hydrogen-bond acceptors (Lipinski definition) is 5. The number of ether oxygens (including phenoxy) is 1. The quantitative estimate of drug-likeness (QED) is 0.118. The summed E-state index contributed by atoms with van der Waals surface area (Å²) < 4.78 is 37.8. The zero-order valence-corrected chi connectivity index (χ0v) is 29.5. The fraction of sp³-hybridized carbons (Fsp3) is 0.763. The SMILES string of the molecule is CC(C)CCC[C@@H](C)[C@H]1CC[C@H]2[C@@H]3CC=C4C[C@@H](OS(=O)(=O)c5ccc(OC(=O)C(C)(C)C)cc5)CC[C@]4(C)[C@H]3CC[C@]12C. The Kier molecular flexibility index (Phi) is 9.58. The van der Waals surface area contributed by atoms with Crippen LogP contribution in [0.15, 0.2) is 40.8 Å². The number of hydrogen-bond donors (Lipinski definition) is 0. The Hall–Kier alpha value is -1.66. The van der Waals surface area contributed by atoms with Crippen molar-refractivity contribution in [1.82, 2.24) is 0 Å². The number of fused-ring (bicyclic) bond motifs is 5. The van der Waals surface area contributed by atoms with Crippen molar-refractivity contribution in [2.24, 2.45) is 51.8 Å². The Morgan fingerprint density at radius 3 is 2.32 bits per heavy atom. The number of carbonyl (C=O) groups excluding carboxylic acids is 1. The predicted molar refractivity (Wildman–Crippen MR) is 177 cm³/mol. The van der Waals surface area contributed by atoms with Crippen LogP contribution < -0.4 is 4.74 Å². The topological polar surface area (TPSA) is 69.7 Å².